The maximum absolute atomic E-state index is 12.8. The largest absolute Gasteiger partial charge is 1.00 e. The van der Waals surface area contributed by atoms with Gasteiger partial charge in [0.25, 0.3) is 5.91 Å². The predicted molar refractivity (Wildman–Crippen MR) is 93.2 cm³/mol. The Morgan fingerprint density at radius 1 is 1.19 bits per heavy atom. The number of nitrogens with zero attached hydrogens (tertiary/aromatic N) is 2. The topological polar surface area (TPSA) is 80.6 Å². The molecule has 9 heteroatoms. The Morgan fingerprint density at radius 3 is 2.37 bits per heavy atom. The van der Waals surface area contributed by atoms with E-state index in [2.05, 4.69) is 0 Å². The summed E-state index contributed by atoms with van der Waals surface area (Å²) in [7, 11) is 1.57. The molecule has 2 heterocycles. The molecule has 1 atom stereocenters. The van der Waals surface area contributed by atoms with Gasteiger partial charge < -0.3 is 31.4 Å². The molecule has 0 bridgehead atoms. The van der Waals surface area contributed by atoms with Crippen LogP contribution in [0.2, 0.25) is 0 Å². The van der Waals surface area contributed by atoms with E-state index in [9.17, 15) is 14.4 Å². The highest BCUT2D eigenvalue weighted by Crippen LogP contribution is 2.24. The highest BCUT2D eigenvalue weighted by Gasteiger charge is 2.46. The average molecular weight is 442 g/mol. The number of quaternary nitrogens is 1. The van der Waals surface area contributed by atoms with Crippen LogP contribution in [0.25, 0.3) is 0 Å². The van der Waals surface area contributed by atoms with Crippen LogP contribution in [0.3, 0.4) is 0 Å². The third-order valence-electron chi connectivity index (χ3n) is 4.90. The minimum Gasteiger partial charge on any atom is -1.00 e. The van der Waals surface area contributed by atoms with Gasteiger partial charge in [-0.1, -0.05) is 0 Å². The van der Waals surface area contributed by atoms with Crippen LogP contribution in [0.5, 0.6) is 5.75 Å². The van der Waals surface area contributed by atoms with E-state index in [1.807, 2.05) is 0 Å². The maximum Gasteiger partial charge on any atom is 0.410 e. The Hall–Kier alpha value is -2.13. The number of methoxy groups -OCH3 is 1. The van der Waals surface area contributed by atoms with Crippen molar-refractivity contribution in [1.82, 2.24) is 4.90 Å². The highest BCUT2D eigenvalue weighted by atomic mass is 79.9. The van der Waals surface area contributed by atoms with Gasteiger partial charge in [0, 0.05) is 0 Å². The summed E-state index contributed by atoms with van der Waals surface area (Å²) in [5, 5.41) is 0. The minimum absolute atomic E-state index is 0. The molecule has 0 aliphatic carbocycles. The van der Waals surface area contributed by atoms with Crippen LogP contribution in [0.15, 0.2) is 24.3 Å². The monoisotopic (exact) mass is 441 g/mol. The van der Waals surface area contributed by atoms with Crippen molar-refractivity contribution in [3.05, 3.63) is 24.3 Å². The normalized spacial score (nSPS) is 20.4. The molecule has 27 heavy (non-hydrogen) atoms. The van der Waals surface area contributed by atoms with Gasteiger partial charge in [0.15, 0.2) is 6.04 Å². The van der Waals surface area contributed by atoms with Crippen LogP contribution < -0.4 is 31.5 Å². The smallest absolute Gasteiger partial charge is 0.410 e. The molecule has 1 aromatic carbocycles. The molecule has 1 N–H and O–H groups in total. The lowest BCUT2D eigenvalue weighted by atomic mass is 10.2. The Balaban J connectivity index is 0.00000261. The fourth-order valence-electron chi connectivity index (χ4n) is 3.49. The number of halogens is 1. The van der Waals surface area contributed by atoms with Crippen molar-refractivity contribution < 1.29 is 45.7 Å². The van der Waals surface area contributed by atoms with Crippen molar-refractivity contribution in [1.29, 1.82) is 0 Å². The first-order valence-electron chi connectivity index (χ1n) is 8.82. The van der Waals surface area contributed by atoms with Gasteiger partial charge in [0.05, 0.1) is 52.0 Å². The number of hydrogen-bond donors (Lipinski definition) is 1. The number of piperazine rings is 1. The summed E-state index contributed by atoms with van der Waals surface area (Å²) in [6.07, 6.45) is -0.125. The van der Waals surface area contributed by atoms with E-state index in [1.165, 1.54) is 4.90 Å². The fraction of sp³-hybridized carbons (Fsp3) is 0.500. The molecule has 1 aromatic rings. The van der Waals surface area contributed by atoms with E-state index in [4.69, 9.17) is 9.47 Å². The number of ether oxygens (including phenoxy) is 2. The maximum atomic E-state index is 12.8. The molecule has 2 aliphatic rings. The Labute approximate surface area is 168 Å². The summed E-state index contributed by atoms with van der Waals surface area (Å²) in [5.74, 6) is 0.301. The number of anilines is 1. The lowest BCUT2D eigenvalue weighted by molar-refractivity contribution is -0.918. The van der Waals surface area contributed by atoms with Gasteiger partial charge in [-0.05, 0) is 31.2 Å². The highest BCUT2D eigenvalue weighted by molar-refractivity contribution is 6.21. The Kier molecular flexibility index (Phi) is 7.20. The Morgan fingerprint density at radius 2 is 1.81 bits per heavy atom. The van der Waals surface area contributed by atoms with E-state index in [0.29, 0.717) is 44.2 Å². The lowest BCUT2D eigenvalue weighted by Crippen LogP contribution is -3.19. The number of amides is 3. The average Bonchev–Trinajstić information content (AvgIpc) is 2.96. The molecule has 8 nitrogen and oxygen atoms in total. The predicted octanol–water partition coefficient (Wildman–Crippen LogP) is -3.31. The third kappa shape index (κ3) is 4.41. The summed E-state index contributed by atoms with van der Waals surface area (Å²) in [6, 6.07) is 6.49. The number of carbonyl (C=O) groups is 3. The number of hydrogen-bond acceptors (Lipinski definition) is 5. The van der Waals surface area contributed by atoms with Crippen molar-refractivity contribution in [2.24, 2.45) is 0 Å². The van der Waals surface area contributed by atoms with Gasteiger partial charge in [-0.25, -0.2) is 9.69 Å². The van der Waals surface area contributed by atoms with Crippen molar-refractivity contribution in [3.8, 4) is 5.75 Å². The summed E-state index contributed by atoms with van der Waals surface area (Å²) in [6.45, 7) is 4.41. The second kappa shape index (κ2) is 9.18. The van der Waals surface area contributed by atoms with Crippen molar-refractivity contribution >= 4 is 23.6 Å². The molecule has 0 radical (unpaired) electrons. The standard InChI is InChI=1S/C18H23N3O5.BrH/c1-3-26-18(24)20-10-8-19(9-11-20)15-12-16(22)21(17(15)23)13-4-6-14(25-2)7-5-13;/h4-7,15H,3,8-12H2,1-2H3;1H. The van der Waals surface area contributed by atoms with Gasteiger partial charge in [-0.15, -0.1) is 0 Å². The molecule has 2 fully saturated rings. The van der Waals surface area contributed by atoms with Gasteiger partial charge >= 0.3 is 6.09 Å². The SMILES string of the molecule is CCOC(=O)N1CC[NH+](C2CC(=O)N(c3ccc(OC)cc3)C2=O)CC1.[Br-]. The first-order valence-corrected chi connectivity index (χ1v) is 8.82. The van der Waals surface area contributed by atoms with Crippen LogP contribution >= 0.6 is 0 Å². The molecule has 3 amide bonds. The third-order valence-corrected chi connectivity index (χ3v) is 4.90. The molecule has 1 unspecified atom stereocenters. The number of imide groups is 1. The van der Waals surface area contributed by atoms with Crippen molar-refractivity contribution in [3.63, 3.8) is 0 Å². The molecular formula is C18H24BrN3O5. The molecule has 0 aromatic heterocycles. The number of rotatable bonds is 4. The molecule has 0 saturated carbocycles. The van der Waals surface area contributed by atoms with Gasteiger partial charge in [-0.3, -0.25) is 14.5 Å². The first kappa shape index (κ1) is 21.2. The van der Waals surface area contributed by atoms with E-state index in [-0.39, 0.29) is 41.3 Å². The van der Waals surface area contributed by atoms with E-state index < -0.39 is 6.04 Å². The van der Waals surface area contributed by atoms with Gasteiger partial charge in [0.2, 0.25) is 5.91 Å². The van der Waals surface area contributed by atoms with E-state index in [1.54, 1.807) is 43.2 Å². The van der Waals surface area contributed by atoms with Gasteiger partial charge in [0.1, 0.15) is 5.75 Å². The minimum atomic E-state index is -0.394. The van der Waals surface area contributed by atoms with Crippen LogP contribution in [0.1, 0.15) is 13.3 Å². The molecule has 0 spiro atoms. The Bertz CT molecular complexity index is 689. The zero-order valence-corrected chi connectivity index (χ0v) is 17.0. The summed E-state index contributed by atoms with van der Waals surface area (Å²) < 4.78 is 10.1. The number of carbonyl (C=O) groups excluding carboxylic acids is 3. The van der Waals surface area contributed by atoms with Gasteiger partial charge in [-0.2, -0.15) is 0 Å². The summed E-state index contributed by atoms with van der Waals surface area (Å²) >= 11 is 0. The van der Waals surface area contributed by atoms with Crippen LogP contribution in [-0.4, -0.2) is 68.7 Å². The fourth-order valence-corrected chi connectivity index (χ4v) is 3.49. The van der Waals surface area contributed by atoms with Crippen molar-refractivity contribution in [2.75, 3.05) is 44.8 Å². The quantitative estimate of drug-likeness (QED) is 0.494. The summed E-state index contributed by atoms with van der Waals surface area (Å²) in [5.41, 5.74) is 0.563. The zero-order valence-electron chi connectivity index (χ0n) is 15.4. The molecule has 148 valence electrons. The first-order chi connectivity index (χ1) is 12.5. The summed E-state index contributed by atoms with van der Waals surface area (Å²) in [4.78, 5) is 41.0. The van der Waals surface area contributed by atoms with E-state index in [0.717, 1.165) is 4.90 Å². The lowest BCUT2D eigenvalue weighted by Gasteiger charge is -2.33. The van der Waals surface area contributed by atoms with Crippen LogP contribution in [0, 0.1) is 0 Å². The molecule has 2 aliphatic heterocycles. The molecular weight excluding hydrogens is 418 g/mol. The van der Waals surface area contributed by atoms with Crippen LogP contribution in [-0.2, 0) is 14.3 Å². The molecule has 2 saturated heterocycles. The van der Waals surface area contributed by atoms with Crippen molar-refractivity contribution in [2.45, 2.75) is 19.4 Å². The van der Waals surface area contributed by atoms with Crippen LogP contribution in [0.4, 0.5) is 10.5 Å². The molecule has 3 rings (SSSR count). The second-order valence-corrected chi connectivity index (χ2v) is 6.37. The zero-order chi connectivity index (χ0) is 18.7. The number of benzene rings is 1. The van der Waals surface area contributed by atoms with E-state index >= 15 is 0 Å². The second-order valence-electron chi connectivity index (χ2n) is 6.37. The number of nitrogens with one attached hydrogen (secondary N) is 1.